The first-order valence-electron chi connectivity index (χ1n) is 10.9. The van der Waals surface area contributed by atoms with Gasteiger partial charge in [-0.3, -0.25) is 9.59 Å². The highest BCUT2D eigenvalue weighted by atomic mass is 16.5. The number of amides is 2. The number of piperidine rings is 1. The summed E-state index contributed by atoms with van der Waals surface area (Å²) in [5.41, 5.74) is 1.50. The van der Waals surface area contributed by atoms with E-state index in [2.05, 4.69) is 5.32 Å². The standard InChI is InChI=1S/C25H32N2O5/c1-30-20-10-11-21(22(17-20)31-2)26-23(28)12-9-18-13-15-27(16-14-18)25(29)24(32-3)19-7-5-4-6-8-19/h4-8,10-11,17-18,24H,9,12-16H2,1-3H3,(H,26,28)/t24-/m0/s1. The second-order valence-electron chi connectivity index (χ2n) is 7.95. The number of hydrogen-bond donors (Lipinski definition) is 1. The fourth-order valence-corrected chi connectivity index (χ4v) is 4.06. The van der Waals surface area contributed by atoms with E-state index in [-0.39, 0.29) is 11.8 Å². The fraction of sp³-hybridized carbons (Fsp3) is 0.440. The van der Waals surface area contributed by atoms with E-state index in [0.29, 0.717) is 42.6 Å². The highest BCUT2D eigenvalue weighted by Crippen LogP contribution is 2.30. The van der Waals surface area contributed by atoms with Crippen molar-refractivity contribution in [2.24, 2.45) is 5.92 Å². The van der Waals surface area contributed by atoms with Gasteiger partial charge in [0.25, 0.3) is 5.91 Å². The van der Waals surface area contributed by atoms with Crippen LogP contribution in [0.15, 0.2) is 48.5 Å². The maximum Gasteiger partial charge on any atom is 0.256 e. The first kappa shape index (κ1) is 23.6. The van der Waals surface area contributed by atoms with Gasteiger partial charge in [0.2, 0.25) is 5.91 Å². The van der Waals surface area contributed by atoms with E-state index in [1.165, 1.54) is 0 Å². The summed E-state index contributed by atoms with van der Waals surface area (Å²) in [7, 11) is 4.72. The molecule has 7 heteroatoms. The van der Waals surface area contributed by atoms with Crippen LogP contribution in [-0.2, 0) is 14.3 Å². The number of hydrogen-bond acceptors (Lipinski definition) is 5. The van der Waals surface area contributed by atoms with E-state index in [1.807, 2.05) is 35.2 Å². The molecule has 1 atom stereocenters. The Kier molecular flexibility index (Phi) is 8.50. The van der Waals surface area contributed by atoms with Gasteiger partial charge in [0.05, 0.1) is 19.9 Å². The maximum absolute atomic E-state index is 12.9. The number of likely N-dealkylation sites (tertiary alicyclic amines) is 1. The molecule has 7 nitrogen and oxygen atoms in total. The zero-order valence-corrected chi connectivity index (χ0v) is 19.0. The molecule has 1 heterocycles. The van der Waals surface area contributed by atoms with Gasteiger partial charge in [0, 0.05) is 32.7 Å². The van der Waals surface area contributed by atoms with Crippen molar-refractivity contribution in [3.63, 3.8) is 0 Å². The van der Waals surface area contributed by atoms with E-state index in [1.54, 1.807) is 39.5 Å². The summed E-state index contributed by atoms with van der Waals surface area (Å²) in [6.45, 7) is 1.37. The second kappa shape index (κ2) is 11.5. The smallest absolute Gasteiger partial charge is 0.256 e. The molecule has 0 bridgehead atoms. The van der Waals surface area contributed by atoms with Crippen molar-refractivity contribution in [1.82, 2.24) is 4.90 Å². The molecule has 2 aromatic carbocycles. The number of nitrogens with zero attached hydrogens (tertiary/aromatic N) is 1. The zero-order chi connectivity index (χ0) is 22.9. The van der Waals surface area contributed by atoms with Crippen LogP contribution in [0.25, 0.3) is 0 Å². The van der Waals surface area contributed by atoms with Gasteiger partial charge in [-0.1, -0.05) is 30.3 Å². The monoisotopic (exact) mass is 440 g/mol. The third-order valence-electron chi connectivity index (χ3n) is 5.95. The molecule has 1 saturated heterocycles. The van der Waals surface area contributed by atoms with Crippen LogP contribution in [0.3, 0.4) is 0 Å². The van der Waals surface area contributed by atoms with Crippen molar-refractivity contribution in [1.29, 1.82) is 0 Å². The second-order valence-corrected chi connectivity index (χ2v) is 7.95. The van der Waals surface area contributed by atoms with Crippen LogP contribution in [0.2, 0.25) is 0 Å². The van der Waals surface area contributed by atoms with Crippen LogP contribution in [0.5, 0.6) is 11.5 Å². The number of ether oxygens (including phenoxy) is 3. The molecule has 0 spiro atoms. The van der Waals surface area contributed by atoms with Crippen LogP contribution >= 0.6 is 0 Å². The molecule has 0 saturated carbocycles. The fourth-order valence-electron chi connectivity index (χ4n) is 4.06. The molecule has 2 amide bonds. The molecule has 0 radical (unpaired) electrons. The van der Waals surface area contributed by atoms with E-state index >= 15 is 0 Å². The largest absolute Gasteiger partial charge is 0.497 e. The van der Waals surface area contributed by atoms with Crippen molar-refractivity contribution in [2.45, 2.75) is 31.8 Å². The van der Waals surface area contributed by atoms with Gasteiger partial charge in [-0.15, -0.1) is 0 Å². The van der Waals surface area contributed by atoms with Crippen LogP contribution in [-0.4, -0.2) is 51.1 Å². The van der Waals surface area contributed by atoms with E-state index in [4.69, 9.17) is 14.2 Å². The number of carbonyl (C=O) groups is 2. The predicted octanol–water partition coefficient (Wildman–Crippen LogP) is 4.05. The first-order valence-corrected chi connectivity index (χ1v) is 10.9. The number of carbonyl (C=O) groups excluding carboxylic acids is 2. The number of anilines is 1. The minimum atomic E-state index is -0.571. The quantitative estimate of drug-likeness (QED) is 0.637. The highest BCUT2D eigenvalue weighted by Gasteiger charge is 2.29. The van der Waals surface area contributed by atoms with Gasteiger partial charge in [0.1, 0.15) is 11.5 Å². The molecular weight excluding hydrogens is 408 g/mol. The van der Waals surface area contributed by atoms with Crippen molar-refractivity contribution in [3.05, 3.63) is 54.1 Å². The number of methoxy groups -OCH3 is 3. The third kappa shape index (κ3) is 6.01. The van der Waals surface area contributed by atoms with Gasteiger partial charge in [0.15, 0.2) is 6.10 Å². The number of rotatable bonds is 9. The molecule has 0 unspecified atom stereocenters. The SMILES string of the molecule is COc1ccc(NC(=O)CCC2CCN(C(=O)[C@@H](OC)c3ccccc3)CC2)c(OC)c1. The average Bonchev–Trinajstić information content (AvgIpc) is 2.84. The zero-order valence-electron chi connectivity index (χ0n) is 19.0. The van der Waals surface area contributed by atoms with Gasteiger partial charge in [-0.2, -0.15) is 0 Å². The molecule has 1 aliphatic rings. The first-order chi connectivity index (χ1) is 15.5. The summed E-state index contributed by atoms with van der Waals surface area (Å²) in [5.74, 6) is 1.61. The topological polar surface area (TPSA) is 77.1 Å². The van der Waals surface area contributed by atoms with Crippen molar-refractivity contribution < 1.29 is 23.8 Å². The molecule has 1 fully saturated rings. The molecule has 0 aliphatic carbocycles. The minimum absolute atomic E-state index is 0.00138. The molecule has 0 aromatic heterocycles. The lowest BCUT2D eigenvalue weighted by molar-refractivity contribution is -0.144. The molecule has 2 aromatic rings. The summed E-state index contributed by atoms with van der Waals surface area (Å²) in [5, 5.41) is 2.92. The van der Waals surface area contributed by atoms with Gasteiger partial charge in [-0.25, -0.2) is 0 Å². The summed E-state index contributed by atoms with van der Waals surface area (Å²) in [6, 6.07) is 14.9. The molecular formula is C25H32N2O5. The Morgan fingerprint density at radius 1 is 1.03 bits per heavy atom. The van der Waals surface area contributed by atoms with Crippen LogP contribution in [0.1, 0.15) is 37.4 Å². The summed E-state index contributed by atoms with van der Waals surface area (Å²) >= 11 is 0. The lowest BCUT2D eigenvalue weighted by atomic mass is 9.91. The van der Waals surface area contributed by atoms with Crippen LogP contribution < -0.4 is 14.8 Å². The van der Waals surface area contributed by atoms with Gasteiger partial charge in [-0.05, 0) is 42.9 Å². The van der Waals surface area contributed by atoms with Crippen LogP contribution in [0.4, 0.5) is 5.69 Å². The molecule has 3 rings (SSSR count). The Bertz CT molecular complexity index is 894. The average molecular weight is 441 g/mol. The molecule has 1 N–H and O–H groups in total. The Balaban J connectivity index is 1.46. The lowest BCUT2D eigenvalue weighted by Gasteiger charge is -2.34. The normalized spacial score (nSPS) is 15.2. The molecule has 32 heavy (non-hydrogen) atoms. The Labute approximate surface area is 189 Å². The highest BCUT2D eigenvalue weighted by molar-refractivity contribution is 5.92. The lowest BCUT2D eigenvalue weighted by Crippen LogP contribution is -2.41. The minimum Gasteiger partial charge on any atom is -0.497 e. The van der Waals surface area contributed by atoms with E-state index < -0.39 is 6.10 Å². The Morgan fingerprint density at radius 2 is 1.75 bits per heavy atom. The van der Waals surface area contributed by atoms with Crippen molar-refractivity contribution >= 4 is 17.5 Å². The maximum atomic E-state index is 12.9. The van der Waals surface area contributed by atoms with Crippen LogP contribution in [0, 0.1) is 5.92 Å². The number of benzene rings is 2. The Morgan fingerprint density at radius 3 is 2.38 bits per heavy atom. The van der Waals surface area contributed by atoms with Gasteiger partial charge < -0.3 is 24.4 Å². The summed E-state index contributed by atoms with van der Waals surface area (Å²) in [4.78, 5) is 27.3. The summed E-state index contributed by atoms with van der Waals surface area (Å²) in [6.07, 6.45) is 2.42. The number of nitrogens with one attached hydrogen (secondary N) is 1. The summed E-state index contributed by atoms with van der Waals surface area (Å²) < 4.78 is 16.0. The van der Waals surface area contributed by atoms with E-state index in [0.717, 1.165) is 24.8 Å². The van der Waals surface area contributed by atoms with Gasteiger partial charge >= 0.3 is 0 Å². The Hall–Kier alpha value is -3.06. The van der Waals surface area contributed by atoms with E-state index in [9.17, 15) is 9.59 Å². The third-order valence-corrected chi connectivity index (χ3v) is 5.95. The predicted molar refractivity (Wildman–Crippen MR) is 123 cm³/mol. The van der Waals surface area contributed by atoms with Crippen molar-refractivity contribution in [2.75, 3.05) is 39.7 Å². The molecule has 1 aliphatic heterocycles. The van der Waals surface area contributed by atoms with Crippen molar-refractivity contribution in [3.8, 4) is 11.5 Å². The molecule has 172 valence electrons.